The highest BCUT2D eigenvalue weighted by atomic mass is 16.7. The molecular formula is C33H56O3. The van der Waals surface area contributed by atoms with Crippen molar-refractivity contribution in [1.29, 1.82) is 0 Å². The topological polar surface area (TPSA) is 35.5 Å². The summed E-state index contributed by atoms with van der Waals surface area (Å²) in [5.41, 5.74) is 2.47. The smallest absolute Gasteiger partial charge is 0.434 e. The second kappa shape index (κ2) is 12.2. The Morgan fingerprint density at radius 2 is 1.78 bits per heavy atom. The number of unbranched alkanes of at least 4 members (excludes halogenated alkanes) is 5. The lowest BCUT2D eigenvalue weighted by Gasteiger charge is -2.58. The lowest BCUT2D eigenvalue weighted by molar-refractivity contribution is -0.0564. The van der Waals surface area contributed by atoms with E-state index >= 15 is 0 Å². The van der Waals surface area contributed by atoms with Crippen LogP contribution in [0.15, 0.2) is 11.6 Å². The average Bonchev–Trinajstić information content (AvgIpc) is 3.17. The first-order valence-electron chi connectivity index (χ1n) is 15.8. The van der Waals surface area contributed by atoms with Crippen molar-refractivity contribution in [3.05, 3.63) is 11.6 Å². The van der Waals surface area contributed by atoms with Crippen LogP contribution in [0.1, 0.15) is 137 Å². The third-order valence-corrected chi connectivity index (χ3v) is 11.3. The molecule has 0 heterocycles. The van der Waals surface area contributed by atoms with Crippen LogP contribution in [0.25, 0.3) is 0 Å². The highest BCUT2D eigenvalue weighted by molar-refractivity contribution is 5.60. The molecule has 36 heavy (non-hydrogen) atoms. The maximum atomic E-state index is 12.2. The van der Waals surface area contributed by atoms with Gasteiger partial charge in [0, 0.05) is 6.42 Å². The Balaban J connectivity index is 1.32. The van der Waals surface area contributed by atoms with Crippen LogP contribution in [0.3, 0.4) is 0 Å². The van der Waals surface area contributed by atoms with Gasteiger partial charge in [0.2, 0.25) is 0 Å². The van der Waals surface area contributed by atoms with E-state index in [4.69, 9.17) is 9.47 Å². The van der Waals surface area contributed by atoms with E-state index < -0.39 is 6.16 Å². The van der Waals surface area contributed by atoms with E-state index in [1.165, 1.54) is 77.0 Å². The minimum absolute atomic E-state index is 0.00512. The molecule has 0 aliphatic heterocycles. The van der Waals surface area contributed by atoms with Crippen LogP contribution < -0.4 is 0 Å². The first-order chi connectivity index (χ1) is 17.3. The van der Waals surface area contributed by atoms with E-state index in [-0.39, 0.29) is 6.10 Å². The molecule has 0 amide bonds. The molecule has 3 saturated carbocycles. The summed E-state index contributed by atoms with van der Waals surface area (Å²) in [6.07, 6.45) is 23.1. The van der Waals surface area contributed by atoms with Gasteiger partial charge in [-0.2, -0.15) is 0 Å². The SMILES string of the molecule is CCCCCCCC[C@H]1CC[C@H]2[C@@H]3CC=C4C[C@@H](OC(=O)OCCC(C)C)CC[C@]4(C)[C@H]3CC[C@]12C. The molecule has 0 N–H and O–H groups in total. The Kier molecular flexibility index (Phi) is 9.54. The Bertz CT molecular complexity index is 756. The summed E-state index contributed by atoms with van der Waals surface area (Å²) in [6.45, 7) is 12.3. The molecule has 0 spiro atoms. The lowest BCUT2D eigenvalue weighted by atomic mass is 9.47. The number of allylic oxidation sites excluding steroid dienone is 1. The third-order valence-electron chi connectivity index (χ3n) is 11.3. The molecule has 3 nitrogen and oxygen atoms in total. The van der Waals surface area contributed by atoms with Crippen molar-refractivity contribution in [2.75, 3.05) is 6.61 Å². The molecule has 0 aromatic carbocycles. The molecule has 206 valence electrons. The Morgan fingerprint density at radius 1 is 1.00 bits per heavy atom. The lowest BCUT2D eigenvalue weighted by Crippen LogP contribution is -2.50. The van der Waals surface area contributed by atoms with Crippen LogP contribution in [0.5, 0.6) is 0 Å². The first-order valence-corrected chi connectivity index (χ1v) is 15.8. The summed E-state index contributed by atoms with van der Waals surface area (Å²) in [6, 6.07) is 0. The zero-order valence-electron chi connectivity index (χ0n) is 24.3. The van der Waals surface area contributed by atoms with E-state index in [1.807, 2.05) is 0 Å². The van der Waals surface area contributed by atoms with Gasteiger partial charge in [0.15, 0.2) is 0 Å². The van der Waals surface area contributed by atoms with Gasteiger partial charge in [0.1, 0.15) is 6.10 Å². The predicted octanol–water partition coefficient (Wildman–Crippen LogP) is 9.88. The highest BCUT2D eigenvalue weighted by Gasteiger charge is 2.58. The van der Waals surface area contributed by atoms with Gasteiger partial charge in [-0.3, -0.25) is 0 Å². The fourth-order valence-corrected chi connectivity index (χ4v) is 9.03. The minimum atomic E-state index is -0.464. The highest BCUT2D eigenvalue weighted by Crippen LogP contribution is 2.66. The Morgan fingerprint density at radius 3 is 2.56 bits per heavy atom. The maximum Gasteiger partial charge on any atom is 0.508 e. The molecule has 7 atom stereocenters. The predicted molar refractivity (Wildman–Crippen MR) is 149 cm³/mol. The van der Waals surface area contributed by atoms with Crippen molar-refractivity contribution in [3.8, 4) is 0 Å². The van der Waals surface area contributed by atoms with Gasteiger partial charge in [0.25, 0.3) is 0 Å². The fraction of sp³-hybridized carbons (Fsp3) is 0.909. The van der Waals surface area contributed by atoms with Crippen molar-refractivity contribution in [2.24, 2.45) is 40.4 Å². The molecule has 0 aromatic heterocycles. The van der Waals surface area contributed by atoms with Crippen LogP contribution in [0, 0.1) is 40.4 Å². The number of fused-ring (bicyclic) bond motifs is 5. The van der Waals surface area contributed by atoms with Crippen LogP contribution in [0.2, 0.25) is 0 Å². The van der Waals surface area contributed by atoms with Crippen LogP contribution in [-0.4, -0.2) is 18.9 Å². The van der Waals surface area contributed by atoms with E-state index in [1.54, 1.807) is 5.57 Å². The van der Waals surface area contributed by atoms with Crippen molar-refractivity contribution in [3.63, 3.8) is 0 Å². The van der Waals surface area contributed by atoms with E-state index in [0.717, 1.165) is 49.4 Å². The molecule has 0 radical (unpaired) electrons. The molecule has 0 bridgehead atoms. The number of carbonyl (C=O) groups is 1. The summed E-state index contributed by atoms with van der Waals surface area (Å²) in [4.78, 5) is 12.2. The van der Waals surface area contributed by atoms with E-state index in [0.29, 0.717) is 23.4 Å². The van der Waals surface area contributed by atoms with Gasteiger partial charge in [-0.25, -0.2) is 4.79 Å². The first kappa shape index (κ1) is 28.0. The van der Waals surface area contributed by atoms with Crippen molar-refractivity contribution in [2.45, 2.75) is 143 Å². The summed E-state index contributed by atoms with van der Waals surface area (Å²) in [7, 11) is 0. The summed E-state index contributed by atoms with van der Waals surface area (Å²) in [5, 5.41) is 0. The monoisotopic (exact) mass is 500 g/mol. The van der Waals surface area contributed by atoms with E-state index in [9.17, 15) is 4.79 Å². The molecule has 0 unspecified atom stereocenters. The molecule has 4 aliphatic carbocycles. The Hall–Kier alpha value is -0.990. The van der Waals surface area contributed by atoms with Crippen molar-refractivity contribution >= 4 is 6.16 Å². The summed E-state index contributed by atoms with van der Waals surface area (Å²) in [5.74, 6) is 4.10. The zero-order chi connectivity index (χ0) is 25.8. The average molecular weight is 501 g/mol. The fourth-order valence-electron chi connectivity index (χ4n) is 9.03. The molecule has 3 heteroatoms. The molecule has 4 aliphatic rings. The van der Waals surface area contributed by atoms with Gasteiger partial charge in [-0.15, -0.1) is 0 Å². The number of hydrogen-bond acceptors (Lipinski definition) is 3. The van der Waals surface area contributed by atoms with Gasteiger partial charge in [0.05, 0.1) is 6.61 Å². The second-order valence-corrected chi connectivity index (χ2v) is 13.9. The van der Waals surface area contributed by atoms with Crippen molar-refractivity contribution < 1.29 is 14.3 Å². The number of hydrogen-bond donors (Lipinski definition) is 0. The van der Waals surface area contributed by atoms with Gasteiger partial charge >= 0.3 is 6.16 Å². The molecular weight excluding hydrogens is 444 g/mol. The number of rotatable bonds is 11. The molecule has 4 rings (SSSR count). The van der Waals surface area contributed by atoms with E-state index in [2.05, 4.69) is 40.7 Å². The van der Waals surface area contributed by atoms with Gasteiger partial charge < -0.3 is 9.47 Å². The van der Waals surface area contributed by atoms with Crippen LogP contribution in [-0.2, 0) is 9.47 Å². The standard InChI is InChI=1S/C33H56O3/c1-6-7-8-9-10-11-12-25-14-16-29-28-15-13-26-23-27(36-31(34)35-22-19-24(2)3)17-20-33(26,5)30(28)18-21-32(25,29)4/h13,24-25,27-30H,6-12,14-23H2,1-5H3/t25-,27-,28-,29-,30-,32+,33-/m0/s1. The zero-order valence-corrected chi connectivity index (χ0v) is 24.3. The molecule has 3 fully saturated rings. The number of ether oxygens (including phenoxy) is 2. The summed E-state index contributed by atoms with van der Waals surface area (Å²) >= 11 is 0. The molecule has 0 aromatic rings. The second-order valence-electron chi connectivity index (χ2n) is 13.9. The number of carbonyl (C=O) groups excluding carboxylic acids is 1. The van der Waals surface area contributed by atoms with Crippen molar-refractivity contribution in [1.82, 2.24) is 0 Å². The third kappa shape index (κ3) is 6.01. The summed E-state index contributed by atoms with van der Waals surface area (Å²) < 4.78 is 11.1. The van der Waals surface area contributed by atoms with Gasteiger partial charge in [-0.05, 0) is 98.2 Å². The largest absolute Gasteiger partial charge is 0.508 e. The Labute approximate surface area is 222 Å². The minimum Gasteiger partial charge on any atom is -0.434 e. The normalized spacial score (nSPS) is 37.6. The molecule has 0 saturated heterocycles. The maximum absolute atomic E-state index is 12.2. The quantitative estimate of drug-likeness (QED) is 0.161. The van der Waals surface area contributed by atoms with Crippen LogP contribution in [0.4, 0.5) is 4.79 Å². The van der Waals surface area contributed by atoms with Gasteiger partial charge in [-0.1, -0.05) is 84.8 Å². The van der Waals surface area contributed by atoms with Crippen LogP contribution >= 0.6 is 0 Å².